The van der Waals surface area contributed by atoms with Crippen LogP contribution in [-0.2, 0) is 23.9 Å². The van der Waals surface area contributed by atoms with Gasteiger partial charge in [0.2, 0.25) is 11.6 Å². The number of carbonyl (C=O) groups is 4. The van der Waals surface area contributed by atoms with E-state index in [0.29, 0.717) is 5.57 Å². The number of rotatable bonds is 6. The van der Waals surface area contributed by atoms with Gasteiger partial charge in [-0.2, -0.15) is 0 Å². The third kappa shape index (κ3) is 9.97. The van der Waals surface area contributed by atoms with Gasteiger partial charge in [0, 0.05) is 36.8 Å². The van der Waals surface area contributed by atoms with Crippen molar-refractivity contribution >= 4 is 23.6 Å². The van der Waals surface area contributed by atoms with Gasteiger partial charge in [0.1, 0.15) is 6.10 Å². The summed E-state index contributed by atoms with van der Waals surface area (Å²) in [6.45, 7) is 5.85. The average Bonchev–Trinajstić information content (AvgIpc) is 2.95. The molecule has 238 valence electrons. The molecule has 13 nitrogen and oxygen atoms in total. The van der Waals surface area contributed by atoms with Gasteiger partial charge in [-0.3, -0.25) is 14.4 Å². The van der Waals surface area contributed by atoms with Crippen LogP contribution in [-0.4, -0.2) is 94.8 Å². The summed E-state index contributed by atoms with van der Waals surface area (Å²) >= 11 is 0. The zero-order valence-corrected chi connectivity index (χ0v) is 25.1. The number of hydrogen-bond donors (Lipinski definition) is 7. The van der Waals surface area contributed by atoms with Crippen molar-refractivity contribution in [2.24, 2.45) is 17.6 Å². The van der Waals surface area contributed by atoms with E-state index in [2.05, 4.69) is 10.6 Å². The summed E-state index contributed by atoms with van der Waals surface area (Å²) in [7, 11) is 1.43. The molecule has 0 radical (unpaired) electrons. The van der Waals surface area contributed by atoms with E-state index in [4.69, 9.17) is 15.2 Å². The lowest BCUT2D eigenvalue weighted by Gasteiger charge is -2.29. The van der Waals surface area contributed by atoms with Crippen LogP contribution in [0.25, 0.3) is 0 Å². The number of allylic oxidation sites excluding steroid dienone is 4. The molecule has 0 aromatic rings. The fourth-order valence-electron chi connectivity index (χ4n) is 4.88. The monoisotopic (exact) mass is 605 g/mol. The number of primary amides is 1. The predicted octanol–water partition coefficient (Wildman–Crippen LogP) is 0.0507. The number of nitrogens with one attached hydrogen (secondary N) is 2. The van der Waals surface area contributed by atoms with Gasteiger partial charge >= 0.3 is 6.09 Å². The Hall–Kier alpha value is -3.62. The lowest BCUT2D eigenvalue weighted by Crippen LogP contribution is -2.39. The predicted molar refractivity (Wildman–Crippen MR) is 156 cm³/mol. The number of nitrogens with two attached hydrogens (primary N) is 1. The Labute approximate surface area is 250 Å². The van der Waals surface area contributed by atoms with Crippen LogP contribution < -0.4 is 16.4 Å². The molecular formula is C30H43N3O10. The highest BCUT2D eigenvalue weighted by molar-refractivity contribution is 6.23. The van der Waals surface area contributed by atoms with Gasteiger partial charge in [-0.05, 0) is 38.2 Å². The van der Waals surface area contributed by atoms with Gasteiger partial charge in [-0.15, -0.1) is 0 Å². The number of methoxy groups -OCH3 is 1. The van der Waals surface area contributed by atoms with Crippen LogP contribution >= 0.6 is 0 Å². The minimum Gasteiger partial charge on any atom is -0.439 e. The van der Waals surface area contributed by atoms with E-state index >= 15 is 0 Å². The van der Waals surface area contributed by atoms with E-state index in [0.717, 1.165) is 6.08 Å². The summed E-state index contributed by atoms with van der Waals surface area (Å²) in [4.78, 5) is 51.1. The summed E-state index contributed by atoms with van der Waals surface area (Å²) in [5, 5.41) is 46.1. The van der Waals surface area contributed by atoms with Crippen LogP contribution in [0.4, 0.5) is 4.79 Å². The minimum atomic E-state index is -1.36. The second-order valence-corrected chi connectivity index (χ2v) is 10.9. The first-order chi connectivity index (χ1) is 20.2. The molecule has 1 aliphatic heterocycles. The van der Waals surface area contributed by atoms with E-state index in [1.165, 1.54) is 32.3 Å². The van der Waals surface area contributed by atoms with Crippen LogP contribution in [0.15, 0.2) is 58.5 Å². The highest BCUT2D eigenvalue weighted by Crippen LogP contribution is 2.28. The van der Waals surface area contributed by atoms with Crippen molar-refractivity contribution in [3.8, 4) is 0 Å². The second kappa shape index (κ2) is 16.3. The summed E-state index contributed by atoms with van der Waals surface area (Å²) in [6, 6.07) is 0. The Morgan fingerprint density at radius 2 is 1.88 bits per heavy atom. The maximum atomic E-state index is 13.6. The summed E-state index contributed by atoms with van der Waals surface area (Å²) in [5.74, 6) is -2.75. The first-order valence-corrected chi connectivity index (χ1v) is 14.0. The molecule has 8 N–H and O–H groups in total. The number of amides is 2. The number of fused-ring (bicyclic) bond motifs is 2. The lowest BCUT2D eigenvalue weighted by atomic mass is 9.85. The van der Waals surface area contributed by atoms with Crippen molar-refractivity contribution in [1.29, 1.82) is 0 Å². The molecule has 0 spiro atoms. The minimum absolute atomic E-state index is 0.0561. The van der Waals surface area contributed by atoms with Gasteiger partial charge in [-0.1, -0.05) is 38.2 Å². The van der Waals surface area contributed by atoms with Crippen molar-refractivity contribution in [3.05, 3.63) is 58.5 Å². The molecule has 1 heterocycles. The number of ketones is 2. The fourth-order valence-corrected chi connectivity index (χ4v) is 4.88. The van der Waals surface area contributed by atoms with E-state index in [1.54, 1.807) is 26.8 Å². The Morgan fingerprint density at radius 1 is 1.21 bits per heavy atom. The number of aliphatic hydroxyl groups is 4. The van der Waals surface area contributed by atoms with Gasteiger partial charge in [-0.25, -0.2) is 4.79 Å². The average molecular weight is 606 g/mol. The number of aliphatic hydroxyl groups excluding tert-OH is 4. The molecule has 2 aliphatic rings. The first kappa shape index (κ1) is 35.6. The molecule has 0 fully saturated rings. The lowest BCUT2D eigenvalue weighted by molar-refractivity contribution is -0.120. The summed E-state index contributed by atoms with van der Waals surface area (Å²) in [6.07, 6.45) is 0.337. The Bertz CT molecular complexity index is 1220. The van der Waals surface area contributed by atoms with E-state index in [1.807, 2.05) is 0 Å². The van der Waals surface area contributed by atoms with Crippen molar-refractivity contribution in [1.82, 2.24) is 10.6 Å². The van der Waals surface area contributed by atoms with Gasteiger partial charge < -0.3 is 46.3 Å². The molecular weight excluding hydrogens is 562 g/mol. The van der Waals surface area contributed by atoms with Crippen molar-refractivity contribution < 1.29 is 49.1 Å². The third-order valence-corrected chi connectivity index (χ3v) is 7.27. The normalized spacial score (nSPS) is 32.0. The topological polar surface area (TPSA) is 218 Å². The smallest absolute Gasteiger partial charge is 0.405 e. The maximum Gasteiger partial charge on any atom is 0.405 e. The van der Waals surface area contributed by atoms with E-state index < -0.39 is 66.6 Å². The van der Waals surface area contributed by atoms with Gasteiger partial charge in [0.15, 0.2) is 6.10 Å². The van der Waals surface area contributed by atoms with Gasteiger partial charge in [0.25, 0.3) is 5.91 Å². The Balaban J connectivity index is 2.59. The molecule has 43 heavy (non-hydrogen) atoms. The molecule has 1 aliphatic carbocycles. The molecule has 1 unspecified atom stereocenters. The number of carbonyl (C=O) groups excluding carboxylic acids is 4. The van der Waals surface area contributed by atoms with Crippen molar-refractivity contribution in [2.45, 2.75) is 71.1 Å². The number of ether oxygens (including phenoxy) is 2. The standard InChI is InChI=1S/C30H43N3O10/c1-15-9-20-25(32-13-19(35)14-34)23(37)12-21(27(20)39)33-29(40)16(2)7-6-8-22(36)28(43-30(31)41)18(4)11-17(3)26(38)24(10-15)42-5/h6-8,11-12,15,17,19,22,24,26,28,32,34-36,38H,9-10,13-14H2,1-5H3,(H2,31,41)(H,33,40)/b8-6-,16-7+,18-11+/t15-,17+,19?,22+,24+,26-,28+/m1/s1. The fraction of sp³-hybridized carbons (Fsp3) is 0.533. The Morgan fingerprint density at radius 3 is 2.49 bits per heavy atom. The number of hydrogen-bond acceptors (Lipinski definition) is 11. The highest BCUT2D eigenvalue weighted by Gasteiger charge is 2.33. The molecule has 7 atom stereocenters. The van der Waals surface area contributed by atoms with Crippen LogP contribution in [0.2, 0.25) is 0 Å². The molecule has 13 heteroatoms. The zero-order valence-electron chi connectivity index (χ0n) is 25.1. The Kier molecular flexibility index (Phi) is 13.5. The first-order valence-electron chi connectivity index (χ1n) is 14.0. The molecule has 0 aromatic heterocycles. The zero-order chi connectivity index (χ0) is 32.4. The third-order valence-electron chi connectivity index (χ3n) is 7.27. The van der Waals surface area contributed by atoms with Gasteiger partial charge in [0.05, 0.1) is 36.3 Å². The van der Waals surface area contributed by atoms with Crippen LogP contribution in [0, 0.1) is 11.8 Å². The quantitative estimate of drug-likeness (QED) is 0.158. The molecule has 0 aromatic carbocycles. The van der Waals surface area contributed by atoms with E-state index in [-0.39, 0.29) is 47.8 Å². The second-order valence-electron chi connectivity index (χ2n) is 10.9. The summed E-state index contributed by atoms with van der Waals surface area (Å²) < 4.78 is 10.7. The van der Waals surface area contributed by atoms with Crippen LogP contribution in [0.1, 0.15) is 40.5 Å². The highest BCUT2D eigenvalue weighted by atomic mass is 16.6. The molecule has 0 saturated heterocycles. The molecule has 2 bridgehead atoms. The maximum absolute atomic E-state index is 13.6. The molecule has 2 amide bonds. The van der Waals surface area contributed by atoms with Crippen LogP contribution in [0.5, 0.6) is 0 Å². The van der Waals surface area contributed by atoms with E-state index in [9.17, 15) is 39.6 Å². The largest absolute Gasteiger partial charge is 0.439 e. The molecule has 0 saturated carbocycles. The van der Waals surface area contributed by atoms with Crippen molar-refractivity contribution in [3.63, 3.8) is 0 Å². The van der Waals surface area contributed by atoms with Crippen LogP contribution in [0.3, 0.4) is 0 Å². The molecule has 2 rings (SSSR count). The SMILES string of the molecule is CO[C@H]1C[C@H](C)CC2=C(NCC(O)CO)C(=O)C=C(NC(=O)/C(C)=C/C=C\[C@H](O)[C@@H](OC(N)=O)/C(C)=C/[C@H](C)[C@H]1O)C2=O. The van der Waals surface area contributed by atoms with Crippen molar-refractivity contribution in [2.75, 3.05) is 20.3 Å². The number of Topliss-reactive ketones (excluding diaryl/α,β-unsaturated/α-hetero) is 1. The summed E-state index contributed by atoms with van der Waals surface area (Å²) in [5.41, 5.74) is 5.54.